The Hall–Kier alpha value is 0.651. The maximum Gasteiger partial charge on any atom is 0.00492 e. The second-order valence-corrected chi connectivity index (χ2v) is 20.6. The van der Waals surface area contributed by atoms with Gasteiger partial charge in [-0.05, 0) is 8.55 Å². The molecule has 0 aromatic rings. The normalized spacial score (nSPS) is 13.5. The second kappa shape index (κ2) is 11.7. The van der Waals surface area contributed by atoms with E-state index in [-0.39, 0.29) is 0 Å². The minimum Gasteiger partial charge on any atom is -0.0773 e. The molecule has 0 rings (SSSR count). The zero-order valence-electron chi connectivity index (χ0n) is 9.07. The van der Waals surface area contributed by atoms with Gasteiger partial charge in [-0.1, -0.05) is 58.0 Å². The van der Waals surface area contributed by atoms with Gasteiger partial charge in [0.1, 0.15) is 0 Å². The number of hydrogen-bond donors (Lipinski definition) is 0. The van der Waals surface area contributed by atoms with Crippen molar-refractivity contribution in [3.8, 4) is 0 Å². The van der Waals surface area contributed by atoms with Gasteiger partial charge in [-0.3, -0.25) is 0 Å². The molecule has 0 aliphatic rings. The van der Waals surface area contributed by atoms with E-state index in [0.717, 1.165) is 0 Å². The van der Waals surface area contributed by atoms with Crippen molar-refractivity contribution >= 4 is 26.6 Å². The molecule has 0 heterocycles. The third kappa shape index (κ3) is 10.7. The molecule has 0 aliphatic heterocycles. The topological polar surface area (TPSA) is 0 Å². The fourth-order valence-electron chi connectivity index (χ4n) is 1.56. The highest BCUT2D eigenvalue weighted by Crippen LogP contribution is 2.06. The Morgan fingerprint density at radius 3 is 2.25 bits per heavy atom. The third-order valence-corrected chi connectivity index (χ3v) is 20.6. The van der Waals surface area contributed by atoms with Gasteiger partial charge < -0.3 is 0 Å². The van der Waals surface area contributed by atoms with Gasteiger partial charge in [-0.2, -0.15) is 0 Å². The fraction of sp³-hybridized carbons (Fsp3) is 1.00. The first-order chi connectivity index (χ1) is 5.91. The van der Waals surface area contributed by atoms with E-state index in [2.05, 4.69) is 13.5 Å². The van der Waals surface area contributed by atoms with E-state index in [9.17, 15) is 0 Å². The van der Waals surface area contributed by atoms with Crippen LogP contribution in [0.1, 0.15) is 45.4 Å². The van der Waals surface area contributed by atoms with Crippen LogP contribution in [0.4, 0.5) is 0 Å². The molecule has 0 spiro atoms. The Morgan fingerprint density at radius 1 is 0.917 bits per heavy atom. The van der Waals surface area contributed by atoms with Gasteiger partial charge in [0.15, 0.2) is 0 Å². The van der Waals surface area contributed by atoms with E-state index < -0.39 is 0 Å². The predicted molar refractivity (Wildman–Crippen MR) is 69.7 cm³/mol. The van der Waals surface area contributed by atoms with Gasteiger partial charge in [0.2, 0.25) is 0 Å². The van der Waals surface area contributed by atoms with Crippen molar-refractivity contribution in [2.24, 2.45) is 0 Å². The van der Waals surface area contributed by atoms with E-state index in [1.54, 1.807) is 18.9 Å². The van der Waals surface area contributed by atoms with Gasteiger partial charge in [-0.15, -0.1) is 0 Å². The Morgan fingerprint density at radius 2 is 1.58 bits per heavy atom. The summed E-state index contributed by atoms with van der Waals surface area (Å²) in [5.74, 6) is 0. The number of rotatable bonds is 9. The van der Waals surface area contributed by atoms with Crippen LogP contribution in [0.3, 0.4) is 0 Å². The molecule has 74 valence electrons. The summed E-state index contributed by atoms with van der Waals surface area (Å²) in [5.41, 5.74) is 0. The Labute approximate surface area is 85.0 Å². The Balaban J connectivity index is 2.73. The van der Waals surface area contributed by atoms with Crippen LogP contribution in [0, 0.1) is 0 Å². The Bertz CT molecular complexity index is 66.2. The molecular weight excluding hydrogens is 192 g/mol. The van der Waals surface area contributed by atoms with Crippen LogP contribution >= 0.6 is 0 Å². The highest BCUT2D eigenvalue weighted by molar-refractivity contribution is 7.29. The first-order valence-corrected chi connectivity index (χ1v) is 16.3. The molecular formula is C9H26Si3. The number of unbranched alkanes of at least 4 members (excludes halogenated alkanes) is 5. The lowest BCUT2D eigenvalue weighted by Gasteiger charge is -1.99. The molecule has 0 fully saturated rings. The minimum atomic E-state index is 0.567. The van der Waals surface area contributed by atoms with Crippen LogP contribution in [0.2, 0.25) is 12.6 Å². The van der Waals surface area contributed by atoms with Crippen LogP contribution in [0.15, 0.2) is 0 Å². The van der Waals surface area contributed by atoms with Gasteiger partial charge in [-0.25, -0.2) is 0 Å². The first kappa shape index (κ1) is 12.7. The maximum absolute atomic E-state index is 2.51. The standard InChI is InChI=1S/C9H26Si3/c1-3-4-5-6-7-8-9-11-12-10-2/h3-12H2,1-2H3. The smallest absolute Gasteiger partial charge is 0.00492 e. The predicted octanol–water partition coefficient (Wildman–Crippen LogP) is 1.15. The van der Waals surface area contributed by atoms with Gasteiger partial charge >= 0.3 is 0 Å². The molecule has 0 atom stereocenters. The molecule has 0 bridgehead atoms. The molecule has 0 radical (unpaired) electrons. The molecule has 0 saturated heterocycles. The lowest BCUT2D eigenvalue weighted by molar-refractivity contribution is 0.624. The van der Waals surface area contributed by atoms with Crippen LogP contribution in [0.5, 0.6) is 0 Å². The molecule has 0 unspecified atom stereocenters. The highest BCUT2D eigenvalue weighted by atomic mass is 29.5. The maximum atomic E-state index is 2.51. The monoisotopic (exact) mass is 218 g/mol. The first-order valence-electron chi connectivity index (χ1n) is 5.91. The summed E-state index contributed by atoms with van der Waals surface area (Å²) in [6.07, 6.45) is 9.02. The van der Waals surface area contributed by atoms with Crippen LogP contribution in [-0.2, 0) is 0 Å². The lowest BCUT2D eigenvalue weighted by atomic mass is 10.1. The average molecular weight is 219 g/mol. The summed E-state index contributed by atoms with van der Waals surface area (Å²) in [5, 5.41) is 0. The molecule has 12 heavy (non-hydrogen) atoms. The van der Waals surface area contributed by atoms with E-state index in [1.807, 2.05) is 0 Å². The van der Waals surface area contributed by atoms with E-state index in [1.165, 1.54) is 25.7 Å². The molecule has 0 aromatic heterocycles. The van der Waals surface area contributed by atoms with Crippen molar-refractivity contribution in [1.29, 1.82) is 0 Å². The Kier molecular flexibility index (Phi) is 12.3. The molecule has 3 heteroatoms. The van der Waals surface area contributed by atoms with Crippen LogP contribution < -0.4 is 0 Å². The summed E-state index contributed by atoms with van der Waals surface area (Å²) in [7, 11) is 1.80. The summed E-state index contributed by atoms with van der Waals surface area (Å²) in [4.78, 5) is 0. The van der Waals surface area contributed by atoms with Crippen LogP contribution in [-0.4, -0.2) is 26.6 Å². The van der Waals surface area contributed by atoms with Crippen molar-refractivity contribution in [3.63, 3.8) is 0 Å². The van der Waals surface area contributed by atoms with Crippen molar-refractivity contribution in [2.75, 3.05) is 0 Å². The van der Waals surface area contributed by atoms with Crippen molar-refractivity contribution in [1.82, 2.24) is 0 Å². The van der Waals surface area contributed by atoms with Crippen LogP contribution in [0.25, 0.3) is 0 Å². The summed E-state index contributed by atoms with van der Waals surface area (Å²) in [6.45, 7) is 4.81. The lowest BCUT2D eigenvalue weighted by Crippen LogP contribution is -2.08. The molecule has 0 aromatic carbocycles. The van der Waals surface area contributed by atoms with E-state index in [4.69, 9.17) is 0 Å². The van der Waals surface area contributed by atoms with Crippen molar-refractivity contribution in [3.05, 3.63) is 0 Å². The summed E-state index contributed by atoms with van der Waals surface area (Å²) >= 11 is 0. The molecule has 0 aliphatic carbocycles. The summed E-state index contributed by atoms with van der Waals surface area (Å²) in [6, 6.07) is 1.71. The SMILES string of the molecule is CCCCCCCC[SiH2][SiH2][SiH2]C. The van der Waals surface area contributed by atoms with Gasteiger partial charge in [0.05, 0.1) is 0 Å². The second-order valence-electron chi connectivity index (χ2n) is 3.83. The third-order valence-electron chi connectivity index (χ3n) is 2.46. The zero-order valence-corrected chi connectivity index (χ0v) is 13.3. The molecule has 0 saturated carbocycles. The quantitative estimate of drug-likeness (QED) is 0.402. The van der Waals surface area contributed by atoms with Crippen molar-refractivity contribution < 1.29 is 0 Å². The van der Waals surface area contributed by atoms with E-state index >= 15 is 0 Å². The van der Waals surface area contributed by atoms with Crippen molar-refractivity contribution in [2.45, 2.75) is 58.0 Å². The fourth-order valence-corrected chi connectivity index (χ4v) is 14.4. The van der Waals surface area contributed by atoms with E-state index in [0.29, 0.717) is 26.6 Å². The number of hydrogen-bond acceptors (Lipinski definition) is 0. The molecule has 0 N–H and O–H groups in total. The van der Waals surface area contributed by atoms with Gasteiger partial charge in [0.25, 0.3) is 0 Å². The van der Waals surface area contributed by atoms with Gasteiger partial charge in [0, 0.05) is 18.1 Å². The summed E-state index contributed by atoms with van der Waals surface area (Å²) < 4.78 is 0. The molecule has 0 nitrogen and oxygen atoms in total. The minimum absolute atomic E-state index is 0.567. The molecule has 0 amide bonds. The average Bonchev–Trinajstić information content (AvgIpc) is 2.10. The highest BCUT2D eigenvalue weighted by Gasteiger charge is 1.91. The zero-order chi connectivity index (χ0) is 9.07. The largest absolute Gasteiger partial charge is 0.0773 e.